The molecule has 1 heterocycles. The maximum Gasteiger partial charge on any atom is 0.243 e. The van der Waals surface area contributed by atoms with E-state index in [1.54, 1.807) is 0 Å². The molecule has 2 aromatic rings. The Morgan fingerprint density at radius 1 is 0.952 bits per heavy atom. The van der Waals surface area contributed by atoms with E-state index in [1.165, 1.54) is 5.56 Å². The zero-order valence-electron chi connectivity index (χ0n) is 13.3. The zero-order chi connectivity index (χ0) is 15.3. The molecule has 0 atom stereocenters. The Balaban J connectivity index is 2.09. The van der Waals surface area contributed by atoms with Crippen molar-refractivity contribution in [3.8, 4) is 0 Å². The van der Waals surface area contributed by atoms with E-state index >= 15 is 0 Å². The molecule has 2 rings (SSSR count). The zero-order valence-corrected chi connectivity index (χ0v) is 13.3. The van der Waals surface area contributed by atoms with Gasteiger partial charge in [-0.3, -0.25) is 0 Å². The van der Waals surface area contributed by atoms with Gasteiger partial charge in [-0.1, -0.05) is 58.0 Å². The summed E-state index contributed by atoms with van der Waals surface area (Å²) in [6, 6.07) is 10.5. The standard InChI is InChI=1S/C17H24N4/c1-5-14-15(6-2)20-21-16(19-14)18-12-17(3,4)13-10-8-7-9-11-13/h7-11H,5-6,12H2,1-4H3,(H,18,19,21). The van der Waals surface area contributed by atoms with Crippen LogP contribution in [0.2, 0.25) is 0 Å². The molecule has 0 fully saturated rings. The molecule has 0 amide bonds. The van der Waals surface area contributed by atoms with Crippen molar-refractivity contribution >= 4 is 5.95 Å². The van der Waals surface area contributed by atoms with E-state index in [0.717, 1.165) is 30.8 Å². The lowest BCUT2D eigenvalue weighted by Gasteiger charge is -2.25. The molecule has 0 radical (unpaired) electrons. The average molecular weight is 284 g/mol. The smallest absolute Gasteiger partial charge is 0.243 e. The Morgan fingerprint density at radius 2 is 1.62 bits per heavy atom. The Labute approximate surface area is 127 Å². The first kappa shape index (κ1) is 15.4. The van der Waals surface area contributed by atoms with Crippen LogP contribution in [0.1, 0.15) is 44.6 Å². The molecule has 0 unspecified atom stereocenters. The number of aryl methyl sites for hydroxylation is 2. The summed E-state index contributed by atoms with van der Waals surface area (Å²) in [5.41, 5.74) is 3.34. The lowest BCUT2D eigenvalue weighted by atomic mass is 9.85. The summed E-state index contributed by atoms with van der Waals surface area (Å²) in [5.74, 6) is 0.619. The Morgan fingerprint density at radius 3 is 2.24 bits per heavy atom. The van der Waals surface area contributed by atoms with Crippen molar-refractivity contribution in [1.82, 2.24) is 15.2 Å². The lowest BCUT2D eigenvalue weighted by molar-refractivity contribution is 0.554. The third-order valence-electron chi connectivity index (χ3n) is 3.75. The van der Waals surface area contributed by atoms with Gasteiger partial charge in [-0.15, -0.1) is 5.10 Å². The van der Waals surface area contributed by atoms with E-state index in [9.17, 15) is 0 Å². The van der Waals surface area contributed by atoms with Crippen LogP contribution in [-0.2, 0) is 18.3 Å². The van der Waals surface area contributed by atoms with Crippen molar-refractivity contribution in [3.05, 3.63) is 47.3 Å². The minimum atomic E-state index is 0.0143. The van der Waals surface area contributed by atoms with Crippen molar-refractivity contribution in [2.75, 3.05) is 11.9 Å². The van der Waals surface area contributed by atoms with E-state index in [0.29, 0.717) is 5.95 Å². The fourth-order valence-corrected chi connectivity index (χ4v) is 2.30. The molecular weight excluding hydrogens is 260 g/mol. The number of anilines is 1. The number of nitrogens with zero attached hydrogens (tertiary/aromatic N) is 3. The Hall–Kier alpha value is -1.97. The van der Waals surface area contributed by atoms with E-state index in [-0.39, 0.29) is 5.41 Å². The van der Waals surface area contributed by atoms with Gasteiger partial charge in [0, 0.05) is 12.0 Å². The fraction of sp³-hybridized carbons (Fsp3) is 0.471. The second kappa shape index (κ2) is 6.66. The largest absolute Gasteiger partial charge is 0.352 e. The highest BCUT2D eigenvalue weighted by atomic mass is 15.2. The summed E-state index contributed by atoms with van der Waals surface area (Å²) >= 11 is 0. The average Bonchev–Trinajstić information content (AvgIpc) is 2.53. The predicted molar refractivity (Wildman–Crippen MR) is 86.5 cm³/mol. The van der Waals surface area contributed by atoms with Gasteiger partial charge in [0.25, 0.3) is 0 Å². The molecule has 1 aromatic heterocycles. The number of benzene rings is 1. The predicted octanol–water partition coefficient (Wildman–Crippen LogP) is 3.39. The lowest BCUT2D eigenvalue weighted by Crippen LogP contribution is -2.28. The summed E-state index contributed by atoms with van der Waals surface area (Å²) in [7, 11) is 0. The monoisotopic (exact) mass is 284 g/mol. The topological polar surface area (TPSA) is 50.7 Å². The van der Waals surface area contributed by atoms with Crippen molar-refractivity contribution in [2.45, 2.75) is 46.0 Å². The SMILES string of the molecule is CCc1nnc(NCC(C)(C)c2ccccc2)nc1CC. The van der Waals surface area contributed by atoms with Crippen LogP contribution in [0.5, 0.6) is 0 Å². The third kappa shape index (κ3) is 3.78. The van der Waals surface area contributed by atoms with Crippen LogP contribution >= 0.6 is 0 Å². The number of aromatic nitrogens is 3. The normalized spacial score (nSPS) is 11.4. The van der Waals surface area contributed by atoms with Gasteiger partial charge in [0.1, 0.15) is 0 Å². The summed E-state index contributed by atoms with van der Waals surface area (Å²) in [6.45, 7) is 9.37. The van der Waals surface area contributed by atoms with Crippen LogP contribution in [0.3, 0.4) is 0 Å². The first-order valence-corrected chi connectivity index (χ1v) is 7.58. The molecule has 0 aliphatic rings. The fourth-order valence-electron chi connectivity index (χ4n) is 2.30. The molecule has 0 aliphatic heterocycles. The highest BCUT2D eigenvalue weighted by Gasteiger charge is 2.20. The molecule has 0 spiro atoms. The molecule has 0 bridgehead atoms. The van der Waals surface area contributed by atoms with Crippen molar-refractivity contribution in [3.63, 3.8) is 0 Å². The third-order valence-corrected chi connectivity index (χ3v) is 3.75. The van der Waals surface area contributed by atoms with Gasteiger partial charge < -0.3 is 5.32 Å². The van der Waals surface area contributed by atoms with Crippen molar-refractivity contribution < 1.29 is 0 Å². The van der Waals surface area contributed by atoms with E-state index in [4.69, 9.17) is 0 Å². The Bertz CT molecular complexity index is 579. The molecule has 4 heteroatoms. The Kier molecular flexibility index (Phi) is 4.89. The van der Waals surface area contributed by atoms with Crippen LogP contribution in [0, 0.1) is 0 Å². The highest BCUT2D eigenvalue weighted by molar-refractivity contribution is 5.30. The van der Waals surface area contributed by atoms with Gasteiger partial charge >= 0.3 is 0 Å². The van der Waals surface area contributed by atoms with Crippen LogP contribution in [0.15, 0.2) is 30.3 Å². The van der Waals surface area contributed by atoms with Gasteiger partial charge in [0.2, 0.25) is 5.95 Å². The number of nitrogens with one attached hydrogen (secondary N) is 1. The van der Waals surface area contributed by atoms with Crippen LogP contribution < -0.4 is 5.32 Å². The first-order chi connectivity index (χ1) is 10.1. The molecule has 0 aliphatic carbocycles. The van der Waals surface area contributed by atoms with Gasteiger partial charge in [0.15, 0.2) is 0 Å². The molecule has 1 N–H and O–H groups in total. The van der Waals surface area contributed by atoms with Gasteiger partial charge in [-0.2, -0.15) is 5.10 Å². The van der Waals surface area contributed by atoms with Crippen LogP contribution in [-0.4, -0.2) is 21.7 Å². The van der Waals surface area contributed by atoms with E-state index in [2.05, 4.69) is 72.5 Å². The number of hydrogen-bond acceptors (Lipinski definition) is 4. The maximum atomic E-state index is 4.57. The summed E-state index contributed by atoms with van der Waals surface area (Å²) in [5, 5.41) is 11.8. The second-order valence-corrected chi connectivity index (χ2v) is 5.84. The quantitative estimate of drug-likeness (QED) is 0.883. The van der Waals surface area contributed by atoms with E-state index < -0.39 is 0 Å². The molecular formula is C17H24N4. The summed E-state index contributed by atoms with van der Waals surface area (Å²) in [6.07, 6.45) is 1.76. The molecule has 0 saturated carbocycles. The van der Waals surface area contributed by atoms with Crippen LogP contribution in [0.4, 0.5) is 5.95 Å². The maximum absolute atomic E-state index is 4.57. The highest BCUT2D eigenvalue weighted by Crippen LogP contribution is 2.22. The minimum absolute atomic E-state index is 0.0143. The summed E-state index contributed by atoms with van der Waals surface area (Å²) in [4.78, 5) is 4.57. The number of rotatable bonds is 6. The van der Waals surface area contributed by atoms with E-state index in [1.807, 2.05) is 6.07 Å². The van der Waals surface area contributed by atoms with Crippen molar-refractivity contribution in [2.24, 2.45) is 0 Å². The first-order valence-electron chi connectivity index (χ1n) is 7.58. The molecule has 112 valence electrons. The van der Waals surface area contributed by atoms with Gasteiger partial charge in [-0.25, -0.2) is 4.98 Å². The minimum Gasteiger partial charge on any atom is -0.352 e. The van der Waals surface area contributed by atoms with Crippen LogP contribution in [0.25, 0.3) is 0 Å². The molecule has 21 heavy (non-hydrogen) atoms. The molecule has 0 saturated heterocycles. The van der Waals surface area contributed by atoms with Gasteiger partial charge in [-0.05, 0) is 18.4 Å². The molecule has 4 nitrogen and oxygen atoms in total. The second-order valence-electron chi connectivity index (χ2n) is 5.84. The van der Waals surface area contributed by atoms with Gasteiger partial charge in [0.05, 0.1) is 11.4 Å². The number of hydrogen-bond donors (Lipinski definition) is 1. The van der Waals surface area contributed by atoms with Crippen molar-refractivity contribution in [1.29, 1.82) is 0 Å². The summed E-state index contributed by atoms with van der Waals surface area (Å²) < 4.78 is 0. The molecule has 1 aromatic carbocycles.